The van der Waals surface area contributed by atoms with E-state index in [4.69, 9.17) is 4.74 Å². The van der Waals surface area contributed by atoms with Gasteiger partial charge in [-0.2, -0.15) is 0 Å². The number of Topliss-reactive ketones (excluding diaryl/α,β-unsaturated/α-hetero) is 1. The number of aliphatic hydroxyl groups is 3. The van der Waals surface area contributed by atoms with E-state index in [0.717, 1.165) is 32.1 Å². The van der Waals surface area contributed by atoms with Gasteiger partial charge < -0.3 is 20.1 Å². The second kappa shape index (κ2) is 8.26. The van der Waals surface area contributed by atoms with Crippen molar-refractivity contribution in [2.45, 2.75) is 91.0 Å². The summed E-state index contributed by atoms with van der Waals surface area (Å²) in [6.45, 7) is 9.53. The van der Waals surface area contributed by atoms with Crippen LogP contribution < -0.4 is 0 Å². The fraction of sp³-hybridized carbons (Fsp3) is 0.793. The predicted octanol–water partition coefficient (Wildman–Crippen LogP) is 3.58. The van der Waals surface area contributed by atoms with E-state index in [-0.39, 0.29) is 46.4 Å². The van der Waals surface area contributed by atoms with Gasteiger partial charge in [-0.1, -0.05) is 59.1 Å². The molecule has 5 aliphatic carbocycles. The molecule has 35 heavy (non-hydrogen) atoms. The molecule has 0 aliphatic heterocycles. The third kappa shape index (κ3) is 3.25. The zero-order valence-corrected chi connectivity index (χ0v) is 21.8. The van der Waals surface area contributed by atoms with E-state index in [9.17, 15) is 24.9 Å². The molecule has 6 nitrogen and oxygen atoms in total. The number of hydrogen-bond donors (Lipinski definition) is 3. The molecular formula is C29H42O6. The van der Waals surface area contributed by atoms with E-state index in [0.29, 0.717) is 11.5 Å². The van der Waals surface area contributed by atoms with Crippen molar-refractivity contribution < 1.29 is 29.6 Å². The normalized spacial score (nSPS) is 45.3. The van der Waals surface area contributed by atoms with E-state index in [1.54, 1.807) is 19.1 Å². The molecule has 0 aromatic carbocycles. The second-order valence-corrected chi connectivity index (χ2v) is 12.9. The molecule has 0 amide bonds. The van der Waals surface area contributed by atoms with Gasteiger partial charge >= 0.3 is 5.97 Å². The first-order valence-corrected chi connectivity index (χ1v) is 13.6. The Morgan fingerprint density at radius 2 is 1.89 bits per heavy atom. The Kier molecular flexibility index (Phi) is 5.94. The lowest BCUT2D eigenvalue weighted by molar-refractivity contribution is -0.206. The molecule has 5 rings (SSSR count). The van der Waals surface area contributed by atoms with Crippen LogP contribution >= 0.6 is 0 Å². The molecule has 3 fully saturated rings. The third-order valence-electron chi connectivity index (χ3n) is 10.9. The number of allylic oxidation sites excluding steroid dienone is 1. The summed E-state index contributed by atoms with van der Waals surface area (Å²) in [5.41, 5.74) is -2.60. The molecule has 9 atom stereocenters. The van der Waals surface area contributed by atoms with Gasteiger partial charge in [0.2, 0.25) is 0 Å². The van der Waals surface area contributed by atoms with Crippen LogP contribution in [0.15, 0.2) is 23.3 Å². The average Bonchev–Trinajstić information content (AvgIpc) is 3.32. The number of esters is 1. The molecule has 0 heterocycles. The number of rotatable bonds is 4. The van der Waals surface area contributed by atoms with Crippen LogP contribution in [0.1, 0.15) is 73.1 Å². The molecule has 1 unspecified atom stereocenters. The third-order valence-corrected chi connectivity index (χ3v) is 10.9. The summed E-state index contributed by atoms with van der Waals surface area (Å²) in [6, 6.07) is 0. The first-order chi connectivity index (χ1) is 16.4. The SMILES string of the molecule is CC1=C[C@]23C(=O)[C@@H](C=C(CO)[C@@H](O)[C@]2(O)[C@H]1OC(=O)C(C)C1CCCCC1)[C@H]1[C@@H](C[C@H]3C)C1(C)C. The number of carbonyl (C=O) groups is 2. The summed E-state index contributed by atoms with van der Waals surface area (Å²) in [4.78, 5) is 27.7. The highest BCUT2D eigenvalue weighted by atomic mass is 16.6. The molecule has 0 saturated heterocycles. The van der Waals surface area contributed by atoms with Crippen molar-refractivity contribution in [1.82, 2.24) is 0 Å². The standard InChI is InChI=1S/C29H42O6/c1-15-13-28-16(2)11-21-22(27(21,4)5)20(24(28)32)12-19(14-30)23(31)29(28,34)25(15)35-26(33)17(3)18-9-7-6-8-10-18/h12-13,16-18,20-23,25,30-31,34H,6-11,14H2,1-5H3/t16-,17?,20+,21-,22+,23-,25+,28+,29+/m1/s1. The number of ketones is 1. The zero-order chi connectivity index (χ0) is 25.5. The van der Waals surface area contributed by atoms with Crippen LogP contribution in [-0.2, 0) is 14.3 Å². The van der Waals surface area contributed by atoms with Crippen LogP contribution in [0.5, 0.6) is 0 Å². The van der Waals surface area contributed by atoms with Crippen molar-refractivity contribution >= 4 is 11.8 Å². The van der Waals surface area contributed by atoms with Crippen LogP contribution in [0.25, 0.3) is 0 Å². The van der Waals surface area contributed by atoms with Gasteiger partial charge in [-0.15, -0.1) is 0 Å². The summed E-state index contributed by atoms with van der Waals surface area (Å²) >= 11 is 0. The number of hydrogen-bond acceptors (Lipinski definition) is 6. The first-order valence-electron chi connectivity index (χ1n) is 13.6. The lowest BCUT2D eigenvalue weighted by Crippen LogP contribution is -2.66. The molecule has 0 radical (unpaired) electrons. The lowest BCUT2D eigenvalue weighted by Gasteiger charge is -2.49. The molecule has 1 spiro atoms. The smallest absolute Gasteiger partial charge is 0.309 e. The highest BCUT2D eigenvalue weighted by Gasteiger charge is 2.76. The highest BCUT2D eigenvalue weighted by molar-refractivity contribution is 5.95. The van der Waals surface area contributed by atoms with Crippen LogP contribution in [0.3, 0.4) is 0 Å². The quantitative estimate of drug-likeness (QED) is 0.415. The van der Waals surface area contributed by atoms with Gasteiger partial charge in [-0.3, -0.25) is 9.59 Å². The Morgan fingerprint density at radius 1 is 1.23 bits per heavy atom. The molecular weight excluding hydrogens is 444 g/mol. The van der Waals surface area contributed by atoms with E-state index in [1.807, 2.05) is 13.8 Å². The molecule has 2 bridgehead atoms. The predicted molar refractivity (Wildman–Crippen MR) is 131 cm³/mol. The van der Waals surface area contributed by atoms with Gasteiger partial charge in [0.1, 0.15) is 6.10 Å². The minimum atomic E-state index is -2.06. The van der Waals surface area contributed by atoms with Crippen molar-refractivity contribution in [3.8, 4) is 0 Å². The van der Waals surface area contributed by atoms with E-state index in [2.05, 4.69) is 13.8 Å². The van der Waals surface area contributed by atoms with Gasteiger partial charge in [-0.25, -0.2) is 0 Å². The fourth-order valence-corrected chi connectivity index (χ4v) is 8.64. The second-order valence-electron chi connectivity index (χ2n) is 12.9. The Morgan fingerprint density at radius 3 is 2.51 bits per heavy atom. The lowest BCUT2D eigenvalue weighted by atomic mass is 9.59. The van der Waals surface area contributed by atoms with Gasteiger partial charge in [0.05, 0.1) is 17.9 Å². The minimum Gasteiger partial charge on any atom is -0.454 e. The first kappa shape index (κ1) is 25.2. The van der Waals surface area contributed by atoms with E-state index < -0.39 is 35.7 Å². The Balaban J connectivity index is 1.56. The monoisotopic (exact) mass is 486 g/mol. The zero-order valence-electron chi connectivity index (χ0n) is 21.8. The van der Waals surface area contributed by atoms with Gasteiger partial charge in [0.15, 0.2) is 17.5 Å². The fourth-order valence-electron chi connectivity index (χ4n) is 8.64. The highest BCUT2D eigenvalue weighted by Crippen LogP contribution is 2.71. The molecule has 5 aliphatic rings. The topological polar surface area (TPSA) is 104 Å². The van der Waals surface area contributed by atoms with Gasteiger partial charge in [-0.05, 0) is 66.4 Å². The van der Waals surface area contributed by atoms with Crippen molar-refractivity contribution in [3.05, 3.63) is 23.3 Å². The maximum absolute atomic E-state index is 14.4. The number of carbonyl (C=O) groups excluding carboxylic acids is 2. The molecule has 0 aromatic rings. The number of aliphatic hydroxyl groups excluding tert-OH is 2. The van der Waals surface area contributed by atoms with Crippen LogP contribution in [0.4, 0.5) is 0 Å². The minimum absolute atomic E-state index is 0.0146. The van der Waals surface area contributed by atoms with Crippen LogP contribution in [-0.4, -0.2) is 51.5 Å². The van der Waals surface area contributed by atoms with Gasteiger partial charge in [0, 0.05) is 5.92 Å². The maximum atomic E-state index is 14.4. The summed E-state index contributed by atoms with van der Waals surface area (Å²) in [7, 11) is 0. The van der Waals surface area contributed by atoms with Crippen molar-refractivity contribution in [2.75, 3.05) is 6.61 Å². The molecule has 3 N–H and O–H groups in total. The van der Waals surface area contributed by atoms with Crippen molar-refractivity contribution in [3.63, 3.8) is 0 Å². The maximum Gasteiger partial charge on any atom is 0.309 e. The Labute approximate surface area is 208 Å². The Bertz CT molecular complexity index is 974. The molecule has 0 aromatic heterocycles. The Hall–Kier alpha value is -1.50. The summed E-state index contributed by atoms with van der Waals surface area (Å²) in [6.07, 6.45) is 6.97. The summed E-state index contributed by atoms with van der Waals surface area (Å²) < 4.78 is 6.05. The van der Waals surface area contributed by atoms with Crippen LogP contribution in [0, 0.1) is 46.3 Å². The van der Waals surface area contributed by atoms with Crippen molar-refractivity contribution in [2.24, 2.45) is 46.3 Å². The summed E-state index contributed by atoms with van der Waals surface area (Å²) in [5, 5.41) is 34.3. The average molecular weight is 487 g/mol. The van der Waals surface area contributed by atoms with E-state index >= 15 is 0 Å². The molecule has 3 saturated carbocycles. The molecule has 6 heteroatoms. The van der Waals surface area contributed by atoms with Gasteiger partial charge in [0.25, 0.3) is 0 Å². The number of fused-ring (bicyclic) bond motifs is 3. The largest absolute Gasteiger partial charge is 0.454 e. The van der Waals surface area contributed by atoms with Crippen LogP contribution in [0.2, 0.25) is 0 Å². The summed E-state index contributed by atoms with van der Waals surface area (Å²) in [5.74, 6) is -0.901. The number of ether oxygens (including phenoxy) is 1. The van der Waals surface area contributed by atoms with Crippen molar-refractivity contribution in [1.29, 1.82) is 0 Å². The molecule has 194 valence electrons. The van der Waals surface area contributed by atoms with E-state index in [1.165, 1.54) is 6.42 Å².